The van der Waals surface area contributed by atoms with E-state index in [2.05, 4.69) is 0 Å². The third kappa shape index (κ3) is 2.99. The van der Waals surface area contributed by atoms with Crippen LogP contribution in [0.3, 0.4) is 0 Å². The molecule has 1 fully saturated rings. The number of nitro benzene ring substituents is 1. The fraction of sp³-hybridized carbons (Fsp3) is 0.417. The number of phenols is 1. The largest absolute Gasteiger partial charge is 0.502 e. The third-order valence-electron chi connectivity index (χ3n) is 2.99. The average molecular weight is 263 g/mol. The first-order valence-corrected chi connectivity index (χ1v) is 5.82. The van der Waals surface area contributed by atoms with Crippen LogP contribution in [0.1, 0.15) is 11.1 Å². The maximum atomic E-state index is 10.8. The van der Waals surface area contributed by atoms with Crippen LogP contribution in [0.4, 0.5) is 5.69 Å². The van der Waals surface area contributed by atoms with Crippen molar-refractivity contribution in [2.75, 3.05) is 26.3 Å². The first-order valence-electron chi connectivity index (χ1n) is 5.82. The van der Waals surface area contributed by atoms with E-state index in [0.717, 1.165) is 6.07 Å². The van der Waals surface area contributed by atoms with Crippen molar-refractivity contribution >= 4 is 5.69 Å². The number of aromatic hydroxyl groups is 1. The number of nitriles is 1. The van der Waals surface area contributed by atoms with Crippen LogP contribution in [0.25, 0.3) is 0 Å². The van der Waals surface area contributed by atoms with Gasteiger partial charge in [0.05, 0.1) is 29.8 Å². The van der Waals surface area contributed by atoms with Crippen molar-refractivity contribution in [2.45, 2.75) is 6.54 Å². The van der Waals surface area contributed by atoms with Gasteiger partial charge in [0.15, 0.2) is 5.75 Å². The fourth-order valence-electron chi connectivity index (χ4n) is 2.00. The van der Waals surface area contributed by atoms with E-state index in [9.17, 15) is 15.2 Å². The van der Waals surface area contributed by atoms with Gasteiger partial charge in [-0.05, 0) is 6.07 Å². The number of ether oxygens (including phenoxy) is 1. The number of nitro groups is 1. The van der Waals surface area contributed by atoms with Crippen molar-refractivity contribution in [1.82, 2.24) is 4.90 Å². The van der Waals surface area contributed by atoms with Crippen molar-refractivity contribution in [1.29, 1.82) is 5.26 Å². The lowest BCUT2D eigenvalue weighted by Crippen LogP contribution is -2.35. The topological polar surface area (TPSA) is 99.6 Å². The molecule has 7 heteroatoms. The second kappa shape index (κ2) is 5.65. The summed E-state index contributed by atoms with van der Waals surface area (Å²) in [7, 11) is 0. The summed E-state index contributed by atoms with van der Waals surface area (Å²) in [5, 5.41) is 29.6. The molecule has 1 aliphatic heterocycles. The highest BCUT2D eigenvalue weighted by molar-refractivity contribution is 5.55. The van der Waals surface area contributed by atoms with Crippen LogP contribution in [0.5, 0.6) is 5.75 Å². The van der Waals surface area contributed by atoms with Crippen molar-refractivity contribution < 1.29 is 14.8 Å². The Balaban J connectivity index is 2.30. The number of benzene rings is 1. The smallest absolute Gasteiger partial charge is 0.312 e. The van der Waals surface area contributed by atoms with Gasteiger partial charge in [-0.1, -0.05) is 0 Å². The van der Waals surface area contributed by atoms with Crippen LogP contribution in [-0.4, -0.2) is 41.2 Å². The third-order valence-corrected chi connectivity index (χ3v) is 2.99. The Morgan fingerprint density at radius 2 is 2.16 bits per heavy atom. The highest BCUT2D eigenvalue weighted by atomic mass is 16.6. The van der Waals surface area contributed by atoms with Crippen molar-refractivity contribution in [3.8, 4) is 11.8 Å². The number of hydrogen-bond donors (Lipinski definition) is 1. The van der Waals surface area contributed by atoms with Crippen molar-refractivity contribution in [2.24, 2.45) is 0 Å². The summed E-state index contributed by atoms with van der Waals surface area (Å²) in [5.74, 6) is -0.365. The number of nitrogens with zero attached hydrogens (tertiary/aromatic N) is 3. The molecule has 2 rings (SSSR count). The maximum absolute atomic E-state index is 10.8. The Bertz CT molecular complexity index is 533. The quantitative estimate of drug-likeness (QED) is 0.645. The fourth-order valence-corrected chi connectivity index (χ4v) is 2.00. The summed E-state index contributed by atoms with van der Waals surface area (Å²) in [6, 6.07) is 4.43. The molecule has 0 bridgehead atoms. The summed E-state index contributed by atoms with van der Waals surface area (Å²) >= 11 is 0. The van der Waals surface area contributed by atoms with Gasteiger partial charge in [0.1, 0.15) is 0 Å². The number of morpholine rings is 1. The highest BCUT2D eigenvalue weighted by Gasteiger charge is 2.21. The zero-order valence-electron chi connectivity index (χ0n) is 10.2. The molecule has 0 saturated carbocycles. The van der Waals surface area contributed by atoms with Crippen LogP contribution >= 0.6 is 0 Å². The van der Waals surface area contributed by atoms with E-state index < -0.39 is 10.6 Å². The molecule has 0 aliphatic carbocycles. The second-order valence-corrected chi connectivity index (χ2v) is 4.26. The summed E-state index contributed by atoms with van der Waals surface area (Å²) in [5.41, 5.74) is 0.141. The molecule has 0 atom stereocenters. The Morgan fingerprint density at radius 1 is 1.47 bits per heavy atom. The Labute approximate surface area is 109 Å². The Hall–Kier alpha value is -2.17. The molecule has 1 heterocycles. The van der Waals surface area contributed by atoms with Crippen LogP contribution < -0.4 is 0 Å². The maximum Gasteiger partial charge on any atom is 0.312 e. The molecular weight excluding hydrogens is 250 g/mol. The van der Waals surface area contributed by atoms with Gasteiger partial charge >= 0.3 is 5.69 Å². The minimum Gasteiger partial charge on any atom is -0.502 e. The summed E-state index contributed by atoms with van der Waals surface area (Å²) in [6.07, 6.45) is 0. The monoisotopic (exact) mass is 263 g/mol. The van der Waals surface area contributed by atoms with Gasteiger partial charge in [-0.2, -0.15) is 5.26 Å². The summed E-state index contributed by atoms with van der Waals surface area (Å²) in [6.45, 7) is 2.96. The zero-order chi connectivity index (χ0) is 13.8. The molecule has 1 N–H and O–H groups in total. The molecular formula is C12H13N3O4. The predicted molar refractivity (Wildman–Crippen MR) is 65.6 cm³/mol. The van der Waals surface area contributed by atoms with E-state index in [0.29, 0.717) is 38.4 Å². The molecule has 0 radical (unpaired) electrons. The molecule has 1 saturated heterocycles. The zero-order valence-corrected chi connectivity index (χ0v) is 10.2. The number of hydrogen-bond acceptors (Lipinski definition) is 6. The van der Waals surface area contributed by atoms with Gasteiger partial charge in [0.25, 0.3) is 0 Å². The predicted octanol–water partition coefficient (Wildman–Crippen LogP) is 1.00. The van der Waals surface area contributed by atoms with Gasteiger partial charge in [0, 0.05) is 31.3 Å². The molecule has 1 aromatic rings. The molecule has 0 amide bonds. The van der Waals surface area contributed by atoms with Gasteiger partial charge in [-0.15, -0.1) is 0 Å². The first kappa shape index (κ1) is 13.3. The Kier molecular flexibility index (Phi) is 3.94. The highest BCUT2D eigenvalue weighted by Crippen LogP contribution is 2.32. The lowest BCUT2D eigenvalue weighted by Gasteiger charge is -2.26. The van der Waals surface area contributed by atoms with E-state index in [1.54, 1.807) is 0 Å². The molecule has 0 unspecified atom stereocenters. The van der Waals surface area contributed by atoms with E-state index >= 15 is 0 Å². The van der Waals surface area contributed by atoms with Crippen LogP contribution in [0, 0.1) is 21.4 Å². The SMILES string of the molecule is N#Cc1cc(CN2CCOCC2)c(O)c([N+](=O)[O-])c1. The minimum absolute atomic E-state index is 0.174. The molecule has 1 aromatic carbocycles. The summed E-state index contributed by atoms with van der Waals surface area (Å²) in [4.78, 5) is 12.2. The normalized spacial score (nSPS) is 15.9. The molecule has 1 aliphatic rings. The van der Waals surface area contributed by atoms with Crippen molar-refractivity contribution in [3.05, 3.63) is 33.4 Å². The van der Waals surface area contributed by atoms with Gasteiger partial charge in [-0.25, -0.2) is 0 Å². The second-order valence-electron chi connectivity index (χ2n) is 4.26. The minimum atomic E-state index is -0.682. The van der Waals surface area contributed by atoms with Gasteiger partial charge in [0.2, 0.25) is 0 Å². The van der Waals surface area contributed by atoms with E-state index in [-0.39, 0.29) is 11.3 Å². The number of rotatable bonds is 3. The lowest BCUT2D eigenvalue weighted by atomic mass is 10.1. The van der Waals surface area contributed by atoms with E-state index in [1.807, 2.05) is 11.0 Å². The number of phenolic OH excluding ortho intramolecular Hbond substituents is 1. The molecule has 100 valence electrons. The van der Waals surface area contributed by atoms with Gasteiger partial charge < -0.3 is 9.84 Å². The first-order chi connectivity index (χ1) is 9.11. The van der Waals surface area contributed by atoms with Crippen molar-refractivity contribution in [3.63, 3.8) is 0 Å². The van der Waals surface area contributed by atoms with Gasteiger partial charge in [-0.3, -0.25) is 15.0 Å². The van der Waals surface area contributed by atoms with Crippen LogP contribution in [0.2, 0.25) is 0 Å². The molecule has 0 aromatic heterocycles. The molecule has 19 heavy (non-hydrogen) atoms. The van der Waals surface area contributed by atoms with Crippen LogP contribution in [0.15, 0.2) is 12.1 Å². The summed E-state index contributed by atoms with van der Waals surface area (Å²) < 4.78 is 5.21. The molecule has 7 nitrogen and oxygen atoms in total. The lowest BCUT2D eigenvalue weighted by molar-refractivity contribution is -0.386. The Morgan fingerprint density at radius 3 is 2.74 bits per heavy atom. The van der Waals surface area contributed by atoms with Crippen LogP contribution in [-0.2, 0) is 11.3 Å². The average Bonchev–Trinajstić information content (AvgIpc) is 2.42. The van der Waals surface area contributed by atoms with E-state index in [4.69, 9.17) is 10.00 Å². The van der Waals surface area contributed by atoms with E-state index in [1.165, 1.54) is 6.07 Å². The standard InChI is InChI=1S/C12H13N3O4/c13-7-9-5-10(8-14-1-3-19-4-2-14)12(16)11(6-9)15(17)18/h5-6,16H,1-4,8H2. The molecule has 0 spiro atoms.